The van der Waals surface area contributed by atoms with Crippen LogP contribution in [0, 0.1) is 19.8 Å². The summed E-state index contributed by atoms with van der Waals surface area (Å²) < 4.78 is 27.4. The van der Waals surface area contributed by atoms with Crippen LogP contribution in [0.4, 0.5) is 0 Å². The fourth-order valence-corrected chi connectivity index (χ4v) is 5.48. The highest BCUT2D eigenvalue weighted by Gasteiger charge is 2.14. The molecule has 4 aromatic carbocycles. The standard InChI is InChI=1S/C20H20O4.C20H20O3/c1-13-6-4-5-7-16(13)18-11-20(21)24-19-10-15(8-9-17(18)19)23-14(2)12-22-3;1-13(2)12-22-16-9-14(3)20-17(15-7-5-4-6-8-15)11-19(21)23-18(20)10-16/h4-11,14H,12H2,1-3H3;4-11,13H,12H2,1-3H3. The third-order valence-corrected chi connectivity index (χ3v) is 7.57. The molecule has 7 nitrogen and oxygen atoms in total. The van der Waals surface area contributed by atoms with Crippen LogP contribution in [0.2, 0.25) is 0 Å². The second-order valence-electron chi connectivity index (χ2n) is 12.0. The summed E-state index contributed by atoms with van der Waals surface area (Å²) >= 11 is 0. The molecular weight excluding hydrogens is 592 g/mol. The smallest absolute Gasteiger partial charge is 0.336 e. The minimum absolute atomic E-state index is 0.0845. The fourth-order valence-electron chi connectivity index (χ4n) is 5.48. The van der Waals surface area contributed by atoms with Gasteiger partial charge in [0.05, 0.1) is 13.2 Å². The first-order chi connectivity index (χ1) is 22.6. The highest BCUT2D eigenvalue weighted by molar-refractivity contribution is 5.96. The molecule has 0 N–H and O–H groups in total. The molecule has 1 atom stereocenters. The average Bonchev–Trinajstić information content (AvgIpc) is 3.04. The third-order valence-electron chi connectivity index (χ3n) is 7.57. The van der Waals surface area contributed by atoms with Crippen molar-refractivity contribution < 1.29 is 23.0 Å². The Morgan fingerprint density at radius 1 is 0.638 bits per heavy atom. The zero-order valence-electron chi connectivity index (χ0n) is 27.7. The van der Waals surface area contributed by atoms with Gasteiger partial charge in [-0.15, -0.1) is 0 Å². The van der Waals surface area contributed by atoms with Gasteiger partial charge in [-0.25, -0.2) is 9.59 Å². The summed E-state index contributed by atoms with van der Waals surface area (Å²) in [6.07, 6.45) is -0.0845. The van der Waals surface area contributed by atoms with E-state index in [9.17, 15) is 9.59 Å². The molecule has 0 aliphatic rings. The maximum atomic E-state index is 12.0. The van der Waals surface area contributed by atoms with Gasteiger partial charge in [0.2, 0.25) is 0 Å². The number of benzene rings is 4. The molecule has 0 spiro atoms. The number of hydrogen-bond acceptors (Lipinski definition) is 7. The SMILES string of the molecule is COCC(C)Oc1ccc2c(-c3ccccc3C)cc(=O)oc2c1.Cc1cc(OCC(C)C)cc2oc(=O)cc(-c3ccccc3)c12. The van der Waals surface area contributed by atoms with E-state index in [-0.39, 0.29) is 17.4 Å². The van der Waals surface area contributed by atoms with Crippen molar-refractivity contribution >= 4 is 21.9 Å². The summed E-state index contributed by atoms with van der Waals surface area (Å²) in [5, 5.41) is 1.84. The lowest BCUT2D eigenvalue weighted by Crippen LogP contribution is -2.17. The molecule has 0 aliphatic heterocycles. The average molecular weight is 633 g/mol. The van der Waals surface area contributed by atoms with Gasteiger partial charge in [-0.05, 0) is 67.1 Å². The molecule has 0 saturated carbocycles. The van der Waals surface area contributed by atoms with Crippen LogP contribution in [0.3, 0.4) is 0 Å². The Labute approximate surface area is 274 Å². The van der Waals surface area contributed by atoms with Crippen LogP contribution in [0.1, 0.15) is 31.9 Å². The molecule has 0 amide bonds. The molecule has 1 unspecified atom stereocenters. The number of aryl methyl sites for hydroxylation is 2. The van der Waals surface area contributed by atoms with E-state index in [0.717, 1.165) is 49.9 Å². The van der Waals surface area contributed by atoms with E-state index in [1.807, 2.05) is 93.6 Å². The molecular formula is C40H40O7. The van der Waals surface area contributed by atoms with Crippen LogP contribution in [0.15, 0.2) is 115 Å². The first-order valence-corrected chi connectivity index (χ1v) is 15.7. The monoisotopic (exact) mass is 632 g/mol. The molecule has 6 rings (SSSR count). The number of rotatable bonds is 9. The first kappa shape index (κ1) is 33.2. The number of hydrogen-bond donors (Lipinski definition) is 0. The molecule has 6 aromatic rings. The summed E-state index contributed by atoms with van der Waals surface area (Å²) in [6.45, 7) is 11.3. The van der Waals surface area contributed by atoms with E-state index in [2.05, 4.69) is 13.8 Å². The summed E-state index contributed by atoms with van der Waals surface area (Å²) in [7, 11) is 1.63. The molecule has 0 aliphatic carbocycles. The van der Waals surface area contributed by atoms with Gasteiger partial charge >= 0.3 is 11.3 Å². The molecule has 242 valence electrons. The quantitative estimate of drug-likeness (QED) is 0.147. The van der Waals surface area contributed by atoms with Crippen LogP contribution in [0.5, 0.6) is 11.5 Å². The summed E-state index contributed by atoms with van der Waals surface area (Å²) in [4.78, 5) is 24.0. The minimum atomic E-state index is -0.372. The molecule has 0 bridgehead atoms. The van der Waals surface area contributed by atoms with Gasteiger partial charge in [-0.2, -0.15) is 0 Å². The lowest BCUT2D eigenvalue weighted by atomic mass is 9.98. The third kappa shape index (κ3) is 8.18. The largest absolute Gasteiger partial charge is 0.493 e. The number of fused-ring (bicyclic) bond motifs is 2. The Bertz CT molecular complexity index is 2090. The molecule has 2 heterocycles. The highest BCUT2D eigenvalue weighted by atomic mass is 16.5. The predicted octanol–water partition coefficient (Wildman–Crippen LogP) is 8.99. The zero-order valence-corrected chi connectivity index (χ0v) is 27.7. The second kappa shape index (κ2) is 15.0. The molecule has 47 heavy (non-hydrogen) atoms. The fraction of sp³-hybridized carbons (Fsp3) is 0.250. The van der Waals surface area contributed by atoms with Crippen molar-refractivity contribution in [1.29, 1.82) is 0 Å². The first-order valence-electron chi connectivity index (χ1n) is 15.7. The van der Waals surface area contributed by atoms with Gasteiger partial charge in [0.15, 0.2) is 0 Å². The molecule has 2 aromatic heterocycles. The second-order valence-corrected chi connectivity index (χ2v) is 12.0. The van der Waals surface area contributed by atoms with Gasteiger partial charge < -0.3 is 23.0 Å². The van der Waals surface area contributed by atoms with Gasteiger partial charge in [-0.3, -0.25) is 0 Å². The Balaban J connectivity index is 0.000000185. The van der Waals surface area contributed by atoms with E-state index >= 15 is 0 Å². The summed E-state index contributed by atoms with van der Waals surface area (Å²) in [5.41, 5.74) is 6.29. The Hall–Kier alpha value is -5.14. The van der Waals surface area contributed by atoms with Gasteiger partial charge in [0, 0.05) is 53.3 Å². The van der Waals surface area contributed by atoms with Crippen molar-refractivity contribution in [2.75, 3.05) is 20.3 Å². The van der Waals surface area contributed by atoms with Crippen molar-refractivity contribution in [3.8, 4) is 33.8 Å². The Morgan fingerprint density at radius 2 is 1.30 bits per heavy atom. The molecule has 0 saturated heterocycles. The molecule has 0 radical (unpaired) electrons. The van der Waals surface area contributed by atoms with E-state index in [4.69, 9.17) is 23.0 Å². The molecule has 7 heteroatoms. The van der Waals surface area contributed by atoms with Gasteiger partial charge in [0.25, 0.3) is 0 Å². The topological polar surface area (TPSA) is 88.1 Å². The van der Waals surface area contributed by atoms with Crippen molar-refractivity contribution in [1.82, 2.24) is 0 Å². The van der Waals surface area contributed by atoms with Crippen molar-refractivity contribution in [3.63, 3.8) is 0 Å². The van der Waals surface area contributed by atoms with Gasteiger partial charge in [0.1, 0.15) is 28.8 Å². The Kier molecular flexibility index (Phi) is 10.6. The van der Waals surface area contributed by atoms with Gasteiger partial charge in [-0.1, -0.05) is 68.4 Å². The lowest BCUT2D eigenvalue weighted by Gasteiger charge is -2.14. The minimum Gasteiger partial charge on any atom is -0.493 e. The summed E-state index contributed by atoms with van der Waals surface area (Å²) in [5.74, 6) is 1.82. The van der Waals surface area contributed by atoms with Crippen molar-refractivity contribution in [2.45, 2.75) is 40.7 Å². The molecule has 0 fully saturated rings. The van der Waals surface area contributed by atoms with Crippen LogP contribution in [-0.2, 0) is 4.74 Å². The van der Waals surface area contributed by atoms with Crippen LogP contribution >= 0.6 is 0 Å². The maximum absolute atomic E-state index is 12.0. The summed E-state index contributed by atoms with van der Waals surface area (Å²) in [6, 6.07) is 30.3. The van der Waals surface area contributed by atoms with Crippen LogP contribution in [0.25, 0.3) is 44.2 Å². The van der Waals surface area contributed by atoms with E-state index < -0.39 is 0 Å². The van der Waals surface area contributed by atoms with Crippen LogP contribution < -0.4 is 20.7 Å². The van der Waals surface area contributed by atoms with Crippen molar-refractivity contribution in [3.05, 3.63) is 129 Å². The maximum Gasteiger partial charge on any atom is 0.336 e. The predicted molar refractivity (Wildman–Crippen MR) is 188 cm³/mol. The Morgan fingerprint density at radius 3 is 2.00 bits per heavy atom. The number of ether oxygens (including phenoxy) is 3. The van der Waals surface area contributed by atoms with E-state index in [1.54, 1.807) is 31.4 Å². The number of methoxy groups -OCH3 is 1. The normalized spacial score (nSPS) is 11.7. The lowest BCUT2D eigenvalue weighted by molar-refractivity contribution is 0.0921. The highest BCUT2D eigenvalue weighted by Crippen LogP contribution is 2.33. The zero-order chi connectivity index (χ0) is 33.5. The van der Waals surface area contributed by atoms with E-state index in [1.165, 1.54) is 0 Å². The van der Waals surface area contributed by atoms with E-state index in [0.29, 0.717) is 36.0 Å². The van der Waals surface area contributed by atoms with Crippen LogP contribution in [-0.4, -0.2) is 26.4 Å². The van der Waals surface area contributed by atoms with Crippen molar-refractivity contribution in [2.24, 2.45) is 5.92 Å².